The summed E-state index contributed by atoms with van der Waals surface area (Å²) in [4.78, 5) is 8.47. The lowest BCUT2D eigenvalue weighted by Crippen LogP contribution is -1.95. The molecule has 27 heavy (non-hydrogen) atoms. The molecule has 0 aromatic rings. The van der Waals surface area contributed by atoms with E-state index in [2.05, 4.69) is 23.8 Å². The van der Waals surface area contributed by atoms with Crippen LogP contribution in [0.15, 0.2) is 9.98 Å². The van der Waals surface area contributed by atoms with Crippen LogP contribution in [0.1, 0.15) is 136 Å². The summed E-state index contributed by atoms with van der Waals surface area (Å²) in [6, 6.07) is 0. The molecule has 1 rings (SSSR count). The zero-order valence-corrected chi connectivity index (χ0v) is 18.6. The minimum Gasteiger partial charge on any atom is -0.0968 e. The summed E-state index contributed by atoms with van der Waals surface area (Å²) < 4.78 is 0. The monoisotopic (exact) mass is 375 g/mol. The Morgan fingerprint density at radius 2 is 1.00 bits per heavy atom. The SMILES string of the molecule is CCCCCCCCCCCCCCCC(C)CCCCC[C+]1N=CC=N1. The third-order valence-electron chi connectivity index (χ3n) is 5.91. The van der Waals surface area contributed by atoms with Gasteiger partial charge in [-0.2, -0.15) is 0 Å². The van der Waals surface area contributed by atoms with Crippen molar-refractivity contribution in [3.63, 3.8) is 0 Å². The van der Waals surface area contributed by atoms with Crippen molar-refractivity contribution in [3.8, 4) is 0 Å². The molecule has 1 atom stereocenters. The molecule has 2 heteroatoms. The molecule has 0 fully saturated rings. The lowest BCUT2D eigenvalue weighted by molar-refractivity contribution is 0.432. The predicted molar refractivity (Wildman–Crippen MR) is 123 cm³/mol. The highest BCUT2D eigenvalue weighted by atomic mass is 15.0. The van der Waals surface area contributed by atoms with Crippen LogP contribution >= 0.6 is 0 Å². The van der Waals surface area contributed by atoms with Crippen LogP contribution < -0.4 is 0 Å². The van der Waals surface area contributed by atoms with Gasteiger partial charge in [-0.1, -0.05) is 133 Å². The van der Waals surface area contributed by atoms with Crippen LogP contribution in [0.25, 0.3) is 0 Å². The number of unbranched alkanes of at least 4 members (excludes halogenated alkanes) is 14. The van der Waals surface area contributed by atoms with E-state index in [0.717, 1.165) is 18.5 Å². The molecule has 0 bridgehead atoms. The van der Waals surface area contributed by atoms with Crippen LogP contribution in [0.3, 0.4) is 0 Å². The number of nitrogens with zero attached hydrogens (tertiary/aromatic N) is 2. The molecular weight excluding hydrogens is 328 g/mol. The lowest BCUT2D eigenvalue weighted by atomic mass is 9.96. The molecule has 1 unspecified atom stereocenters. The molecule has 0 radical (unpaired) electrons. The fourth-order valence-electron chi connectivity index (χ4n) is 4.01. The maximum Gasteiger partial charge on any atom is 0.240 e. The maximum atomic E-state index is 4.24. The van der Waals surface area contributed by atoms with Gasteiger partial charge in [-0.15, -0.1) is 0 Å². The predicted octanol–water partition coefficient (Wildman–Crippen LogP) is 8.70. The molecule has 0 aromatic heterocycles. The maximum absolute atomic E-state index is 4.24. The quantitative estimate of drug-likeness (QED) is 0.150. The van der Waals surface area contributed by atoms with Crippen LogP contribution in [-0.2, 0) is 0 Å². The van der Waals surface area contributed by atoms with Gasteiger partial charge in [0.2, 0.25) is 6.17 Å². The molecule has 1 aliphatic rings. The first-order valence-corrected chi connectivity index (χ1v) is 12.3. The normalized spacial score (nSPS) is 14.4. The Morgan fingerprint density at radius 3 is 1.48 bits per heavy atom. The van der Waals surface area contributed by atoms with Gasteiger partial charge in [0, 0.05) is 0 Å². The molecule has 1 aliphatic heterocycles. The summed E-state index contributed by atoms with van der Waals surface area (Å²) >= 11 is 0. The Bertz CT molecular complexity index is 349. The zero-order valence-electron chi connectivity index (χ0n) is 18.6. The Kier molecular flexibility index (Phi) is 16.7. The van der Waals surface area contributed by atoms with E-state index < -0.39 is 0 Å². The zero-order chi connectivity index (χ0) is 19.4. The smallest absolute Gasteiger partial charge is 0.0968 e. The Balaban J connectivity index is 1.72. The average Bonchev–Trinajstić information content (AvgIpc) is 3.18. The van der Waals surface area contributed by atoms with Crippen molar-refractivity contribution >= 4 is 12.4 Å². The first kappa shape index (κ1) is 24.2. The molecule has 0 amide bonds. The third-order valence-corrected chi connectivity index (χ3v) is 5.91. The molecule has 0 aliphatic carbocycles. The number of aliphatic imine (C=N–C) groups is 2. The summed E-state index contributed by atoms with van der Waals surface area (Å²) in [5.41, 5.74) is 0. The van der Waals surface area contributed by atoms with Crippen molar-refractivity contribution in [2.24, 2.45) is 15.9 Å². The fraction of sp³-hybridized carbons (Fsp3) is 0.880. The first-order valence-electron chi connectivity index (χ1n) is 12.3. The van der Waals surface area contributed by atoms with Gasteiger partial charge in [0.05, 0.1) is 6.42 Å². The minimum absolute atomic E-state index is 0.910. The van der Waals surface area contributed by atoms with Crippen LogP contribution in [0, 0.1) is 12.1 Å². The topological polar surface area (TPSA) is 24.7 Å². The number of hydrogen-bond donors (Lipinski definition) is 0. The van der Waals surface area contributed by atoms with Crippen molar-refractivity contribution in [1.82, 2.24) is 0 Å². The highest BCUT2D eigenvalue weighted by molar-refractivity contribution is 6.18. The van der Waals surface area contributed by atoms with E-state index in [1.165, 1.54) is 116 Å². The summed E-state index contributed by atoms with van der Waals surface area (Å²) in [6.07, 6.45) is 31.4. The molecule has 0 spiro atoms. The van der Waals surface area contributed by atoms with E-state index in [1.54, 1.807) is 12.4 Å². The van der Waals surface area contributed by atoms with E-state index in [0.29, 0.717) is 0 Å². The fourth-order valence-corrected chi connectivity index (χ4v) is 4.01. The van der Waals surface area contributed by atoms with Gasteiger partial charge >= 0.3 is 0 Å². The molecule has 0 saturated heterocycles. The standard InChI is InChI=1S/C25H47N2/c1-3-4-5-6-7-8-9-10-11-12-13-14-16-19-24(2)20-17-15-18-21-25-26-22-23-27-25/h22-24H,3-21H2,1-2H3/q+1. The second kappa shape index (κ2) is 18.6. The molecule has 156 valence electrons. The van der Waals surface area contributed by atoms with Crippen molar-refractivity contribution in [1.29, 1.82) is 0 Å². The van der Waals surface area contributed by atoms with E-state index in [1.807, 2.05) is 0 Å². The van der Waals surface area contributed by atoms with Crippen molar-refractivity contribution in [2.75, 3.05) is 0 Å². The molecule has 0 aromatic carbocycles. The summed E-state index contributed by atoms with van der Waals surface area (Å²) in [5, 5.41) is 0. The largest absolute Gasteiger partial charge is 0.240 e. The summed E-state index contributed by atoms with van der Waals surface area (Å²) in [5.74, 6) is 0.910. The minimum atomic E-state index is 0.910. The van der Waals surface area contributed by atoms with Crippen LogP contribution in [0.2, 0.25) is 0 Å². The van der Waals surface area contributed by atoms with Gasteiger partial charge in [0.25, 0.3) is 0 Å². The highest BCUT2D eigenvalue weighted by Crippen LogP contribution is 2.21. The molecule has 0 saturated carbocycles. The molecule has 2 nitrogen and oxygen atoms in total. The molecular formula is C25H47N2+. The Hall–Kier alpha value is -0.790. The van der Waals surface area contributed by atoms with E-state index in [-0.39, 0.29) is 0 Å². The number of rotatable bonds is 20. The average molecular weight is 376 g/mol. The second-order valence-electron chi connectivity index (χ2n) is 8.71. The van der Waals surface area contributed by atoms with Crippen molar-refractivity contribution in [3.05, 3.63) is 6.17 Å². The second-order valence-corrected chi connectivity index (χ2v) is 8.71. The lowest BCUT2D eigenvalue weighted by Gasteiger charge is -2.11. The van der Waals surface area contributed by atoms with Crippen LogP contribution in [-0.4, -0.2) is 12.4 Å². The van der Waals surface area contributed by atoms with Gasteiger partial charge in [-0.25, -0.2) is 0 Å². The van der Waals surface area contributed by atoms with Crippen molar-refractivity contribution in [2.45, 2.75) is 136 Å². The molecule has 0 N–H and O–H groups in total. The summed E-state index contributed by atoms with van der Waals surface area (Å²) in [7, 11) is 0. The van der Waals surface area contributed by atoms with Gasteiger partial charge in [0.15, 0.2) is 12.4 Å². The first-order chi connectivity index (χ1) is 13.3. The molecule has 1 heterocycles. The van der Waals surface area contributed by atoms with Gasteiger partial charge in [0.1, 0.15) is 0 Å². The Labute approximate surface area is 170 Å². The highest BCUT2D eigenvalue weighted by Gasteiger charge is 2.14. The Morgan fingerprint density at radius 1 is 0.593 bits per heavy atom. The number of hydrogen-bond acceptors (Lipinski definition) is 2. The van der Waals surface area contributed by atoms with E-state index in [4.69, 9.17) is 0 Å². The van der Waals surface area contributed by atoms with Crippen LogP contribution in [0.5, 0.6) is 0 Å². The van der Waals surface area contributed by atoms with Crippen LogP contribution in [0.4, 0.5) is 0 Å². The summed E-state index contributed by atoms with van der Waals surface area (Å²) in [6.45, 7) is 4.74. The van der Waals surface area contributed by atoms with Gasteiger partial charge in [-0.05, 0) is 12.3 Å². The van der Waals surface area contributed by atoms with Gasteiger partial charge < -0.3 is 0 Å². The van der Waals surface area contributed by atoms with Crippen molar-refractivity contribution < 1.29 is 0 Å². The van der Waals surface area contributed by atoms with Gasteiger partial charge in [-0.3, -0.25) is 0 Å². The van der Waals surface area contributed by atoms with E-state index >= 15 is 0 Å². The third kappa shape index (κ3) is 15.9. The van der Waals surface area contributed by atoms with E-state index in [9.17, 15) is 0 Å².